The van der Waals surface area contributed by atoms with E-state index in [9.17, 15) is 0 Å². The van der Waals surface area contributed by atoms with Gasteiger partial charge in [0.05, 0.1) is 30.6 Å². The molecule has 1 fully saturated rings. The van der Waals surface area contributed by atoms with Gasteiger partial charge in [0.15, 0.2) is 0 Å². The smallest absolute Gasteiger partial charge is 0.223 e. The molecule has 25 heavy (non-hydrogen) atoms. The van der Waals surface area contributed by atoms with Crippen molar-refractivity contribution in [2.75, 3.05) is 18.5 Å². The molecule has 2 atom stereocenters. The minimum atomic E-state index is 0.137. The molecule has 1 aliphatic rings. The van der Waals surface area contributed by atoms with Crippen LogP contribution in [0.5, 0.6) is 0 Å². The highest BCUT2D eigenvalue weighted by atomic mass is 16.5. The monoisotopic (exact) mass is 337 g/mol. The third-order valence-electron chi connectivity index (χ3n) is 4.28. The molecule has 0 amide bonds. The third kappa shape index (κ3) is 3.66. The van der Waals surface area contributed by atoms with Gasteiger partial charge in [-0.25, -0.2) is 9.97 Å². The number of nitrogens with one attached hydrogen (secondary N) is 1. The van der Waals surface area contributed by atoms with Crippen molar-refractivity contribution < 1.29 is 9.26 Å². The maximum absolute atomic E-state index is 5.65. The van der Waals surface area contributed by atoms with Gasteiger partial charge >= 0.3 is 0 Å². The van der Waals surface area contributed by atoms with E-state index in [2.05, 4.69) is 25.4 Å². The summed E-state index contributed by atoms with van der Waals surface area (Å²) < 4.78 is 11.0. The molecular formula is C18H19N5O2. The molecule has 3 aromatic heterocycles. The van der Waals surface area contributed by atoms with Gasteiger partial charge in [-0.2, -0.15) is 0 Å². The molecule has 1 saturated heterocycles. The Labute approximate surface area is 145 Å². The summed E-state index contributed by atoms with van der Waals surface area (Å²) in [5.74, 6) is 1.77. The van der Waals surface area contributed by atoms with Crippen LogP contribution in [0.3, 0.4) is 0 Å². The van der Waals surface area contributed by atoms with Gasteiger partial charge in [0.25, 0.3) is 0 Å². The molecular weight excluding hydrogens is 318 g/mol. The Bertz CT molecular complexity index is 836. The Balaban J connectivity index is 1.47. The molecule has 3 aromatic rings. The van der Waals surface area contributed by atoms with Crippen molar-refractivity contribution in [2.24, 2.45) is 5.92 Å². The van der Waals surface area contributed by atoms with Gasteiger partial charge in [0.1, 0.15) is 5.76 Å². The molecule has 128 valence electrons. The first-order valence-electron chi connectivity index (χ1n) is 8.28. The summed E-state index contributed by atoms with van der Waals surface area (Å²) >= 11 is 0. The summed E-state index contributed by atoms with van der Waals surface area (Å²) in [4.78, 5) is 13.0. The van der Waals surface area contributed by atoms with Crippen LogP contribution in [0.15, 0.2) is 47.4 Å². The van der Waals surface area contributed by atoms with Crippen molar-refractivity contribution in [3.8, 4) is 11.3 Å². The van der Waals surface area contributed by atoms with E-state index in [-0.39, 0.29) is 6.04 Å². The van der Waals surface area contributed by atoms with E-state index in [4.69, 9.17) is 9.26 Å². The van der Waals surface area contributed by atoms with Crippen LogP contribution in [-0.2, 0) is 11.2 Å². The number of rotatable bonds is 5. The molecule has 0 aromatic carbocycles. The fourth-order valence-corrected chi connectivity index (χ4v) is 3.01. The maximum atomic E-state index is 5.65. The lowest BCUT2D eigenvalue weighted by Crippen LogP contribution is -2.30. The van der Waals surface area contributed by atoms with Crippen LogP contribution in [0.2, 0.25) is 0 Å². The fraction of sp³-hybridized carbons (Fsp3) is 0.333. The molecule has 1 aliphatic heterocycles. The predicted molar refractivity (Wildman–Crippen MR) is 91.9 cm³/mol. The van der Waals surface area contributed by atoms with Crippen LogP contribution in [-0.4, -0.2) is 39.4 Å². The Kier molecular flexibility index (Phi) is 4.39. The third-order valence-corrected chi connectivity index (χ3v) is 4.28. The van der Waals surface area contributed by atoms with Crippen LogP contribution in [0.1, 0.15) is 11.5 Å². The van der Waals surface area contributed by atoms with Gasteiger partial charge in [-0.3, -0.25) is 4.98 Å². The highest BCUT2D eigenvalue weighted by Gasteiger charge is 2.30. The normalized spacial score (nSPS) is 19.9. The highest BCUT2D eigenvalue weighted by Crippen LogP contribution is 2.23. The molecule has 0 aliphatic carbocycles. The van der Waals surface area contributed by atoms with E-state index in [0.717, 1.165) is 29.1 Å². The van der Waals surface area contributed by atoms with Gasteiger partial charge in [-0.15, -0.1) is 0 Å². The number of hydrogen-bond acceptors (Lipinski definition) is 7. The molecule has 0 radical (unpaired) electrons. The summed E-state index contributed by atoms with van der Waals surface area (Å²) in [7, 11) is 0. The molecule has 0 unspecified atom stereocenters. The van der Waals surface area contributed by atoms with Gasteiger partial charge in [0.2, 0.25) is 5.95 Å². The standard InChI is InChI=1S/C18H19N5O2/c1-12-8-15(25-23-12)9-14-10-24-11-17(14)22-18-20-7-4-16(21-18)13-2-5-19-6-3-13/h2-8,14,17H,9-11H2,1H3,(H,20,21,22)/t14-,17+/m1/s1. The summed E-state index contributed by atoms with van der Waals surface area (Å²) in [5, 5.41) is 7.35. The number of aromatic nitrogens is 4. The van der Waals surface area contributed by atoms with Crippen molar-refractivity contribution >= 4 is 5.95 Å². The second kappa shape index (κ2) is 6.98. The van der Waals surface area contributed by atoms with E-state index in [0.29, 0.717) is 25.1 Å². The maximum Gasteiger partial charge on any atom is 0.223 e. The SMILES string of the molecule is Cc1cc(C[C@@H]2COC[C@@H]2Nc2nccc(-c3ccncc3)n2)on1. The highest BCUT2D eigenvalue weighted by molar-refractivity contribution is 5.59. The Morgan fingerprint density at radius 1 is 1.16 bits per heavy atom. The molecule has 1 N–H and O–H groups in total. The molecule has 7 nitrogen and oxygen atoms in total. The van der Waals surface area contributed by atoms with Crippen LogP contribution in [0, 0.1) is 12.8 Å². The van der Waals surface area contributed by atoms with Crippen LogP contribution >= 0.6 is 0 Å². The Hall–Kier alpha value is -2.80. The Morgan fingerprint density at radius 3 is 2.84 bits per heavy atom. The number of hydrogen-bond donors (Lipinski definition) is 1. The lowest BCUT2D eigenvalue weighted by molar-refractivity contribution is 0.183. The van der Waals surface area contributed by atoms with Crippen molar-refractivity contribution in [3.05, 3.63) is 54.3 Å². The van der Waals surface area contributed by atoms with Crippen LogP contribution in [0.25, 0.3) is 11.3 Å². The number of aryl methyl sites for hydroxylation is 1. The number of ether oxygens (including phenoxy) is 1. The zero-order valence-electron chi connectivity index (χ0n) is 13.9. The number of nitrogens with zero attached hydrogens (tertiary/aromatic N) is 4. The molecule has 0 bridgehead atoms. The van der Waals surface area contributed by atoms with E-state index in [1.165, 1.54) is 0 Å². The fourth-order valence-electron chi connectivity index (χ4n) is 3.01. The molecule has 0 saturated carbocycles. The average Bonchev–Trinajstić information content (AvgIpc) is 3.25. The number of anilines is 1. The summed E-state index contributed by atoms with van der Waals surface area (Å²) in [6, 6.07) is 7.86. The van der Waals surface area contributed by atoms with E-state index in [1.54, 1.807) is 18.6 Å². The summed E-state index contributed by atoms with van der Waals surface area (Å²) in [5.41, 5.74) is 2.77. The van der Waals surface area contributed by atoms with E-state index < -0.39 is 0 Å². The molecule has 0 spiro atoms. The number of pyridine rings is 1. The molecule has 4 heterocycles. The van der Waals surface area contributed by atoms with E-state index in [1.807, 2.05) is 31.2 Å². The van der Waals surface area contributed by atoms with Crippen molar-refractivity contribution in [1.82, 2.24) is 20.1 Å². The average molecular weight is 337 g/mol. The molecule has 7 heteroatoms. The second-order valence-corrected chi connectivity index (χ2v) is 6.19. The quantitative estimate of drug-likeness (QED) is 0.765. The lowest BCUT2D eigenvalue weighted by Gasteiger charge is -2.18. The van der Waals surface area contributed by atoms with Gasteiger partial charge < -0.3 is 14.6 Å². The van der Waals surface area contributed by atoms with Gasteiger partial charge in [0, 0.05) is 42.6 Å². The molecule has 4 rings (SSSR count). The first kappa shape index (κ1) is 15.7. The minimum Gasteiger partial charge on any atom is -0.379 e. The minimum absolute atomic E-state index is 0.137. The van der Waals surface area contributed by atoms with Crippen LogP contribution < -0.4 is 5.32 Å². The first-order chi connectivity index (χ1) is 12.3. The van der Waals surface area contributed by atoms with E-state index >= 15 is 0 Å². The second-order valence-electron chi connectivity index (χ2n) is 6.19. The largest absolute Gasteiger partial charge is 0.379 e. The summed E-state index contributed by atoms with van der Waals surface area (Å²) in [6.07, 6.45) is 6.05. The van der Waals surface area contributed by atoms with Gasteiger partial charge in [-0.1, -0.05) is 5.16 Å². The topological polar surface area (TPSA) is 86.0 Å². The zero-order chi connectivity index (χ0) is 17.1. The lowest BCUT2D eigenvalue weighted by atomic mass is 9.98. The Morgan fingerprint density at radius 2 is 2.04 bits per heavy atom. The van der Waals surface area contributed by atoms with Gasteiger partial charge in [-0.05, 0) is 25.1 Å². The van der Waals surface area contributed by atoms with Crippen molar-refractivity contribution in [1.29, 1.82) is 0 Å². The first-order valence-corrected chi connectivity index (χ1v) is 8.28. The summed E-state index contributed by atoms with van der Waals surface area (Å²) in [6.45, 7) is 3.23. The zero-order valence-corrected chi connectivity index (χ0v) is 13.9. The van der Waals surface area contributed by atoms with Crippen LogP contribution in [0.4, 0.5) is 5.95 Å². The van der Waals surface area contributed by atoms with Crippen molar-refractivity contribution in [2.45, 2.75) is 19.4 Å². The predicted octanol–water partition coefficient (Wildman–Crippen LogP) is 2.50. The van der Waals surface area contributed by atoms with Crippen molar-refractivity contribution in [3.63, 3.8) is 0 Å².